The summed E-state index contributed by atoms with van der Waals surface area (Å²) < 4.78 is 5.28. The van der Waals surface area contributed by atoms with Crippen LogP contribution in [0.25, 0.3) is 0 Å². The molecule has 0 rings (SSSR count). The van der Waals surface area contributed by atoms with Crippen molar-refractivity contribution in [1.82, 2.24) is 0 Å². The van der Waals surface area contributed by atoms with Crippen LogP contribution in [0.2, 0.25) is 0 Å². The quantitative estimate of drug-likeness (QED) is 0.281. The lowest BCUT2D eigenvalue weighted by Crippen LogP contribution is -2.43. The second kappa shape index (κ2) is 12.9. The fourth-order valence-electron chi connectivity index (χ4n) is 2.52. The molecule has 0 spiro atoms. The number of carbonyl (C=O) groups is 1. The van der Waals surface area contributed by atoms with Gasteiger partial charge in [-0.1, -0.05) is 58.3 Å². The topological polar surface area (TPSA) is 49.4 Å². The number of rotatable bonds is 14. The molecule has 0 aromatic rings. The van der Waals surface area contributed by atoms with E-state index in [0.29, 0.717) is 6.54 Å². The predicted molar refractivity (Wildman–Crippen MR) is 85.0 cm³/mol. The Kier molecular flexibility index (Phi) is 12.5. The van der Waals surface area contributed by atoms with Gasteiger partial charge in [-0.25, -0.2) is 0 Å². The van der Waals surface area contributed by atoms with E-state index in [0.717, 1.165) is 11.0 Å². The van der Waals surface area contributed by atoms with Gasteiger partial charge in [0.1, 0.15) is 0 Å². The highest BCUT2D eigenvalue weighted by atomic mass is 16.7. The molecule has 0 bridgehead atoms. The Morgan fingerprint density at radius 3 is 1.81 bits per heavy atom. The molecule has 21 heavy (non-hydrogen) atoms. The standard InChI is InChI=1S/C17H35NO3/c1-4-5-6-7-8-9-10-11-12-13-14-18(2,3)15-16-21-17(19)20/h4-16H2,1-3H3. The van der Waals surface area contributed by atoms with E-state index in [2.05, 4.69) is 25.8 Å². The third-order valence-electron chi connectivity index (χ3n) is 4.03. The Morgan fingerprint density at radius 1 is 0.857 bits per heavy atom. The van der Waals surface area contributed by atoms with E-state index in [-0.39, 0.29) is 6.61 Å². The summed E-state index contributed by atoms with van der Waals surface area (Å²) >= 11 is 0. The number of carbonyl (C=O) groups excluding carboxylic acids is 1. The molecule has 0 amide bonds. The average molecular weight is 301 g/mol. The van der Waals surface area contributed by atoms with Crippen molar-refractivity contribution in [2.24, 2.45) is 0 Å². The minimum absolute atomic E-state index is 0.229. The van der Waals surface area contributed by atoms with Crippen LogP contribution in [-0.4, -0.2) is 44.4 Å². The van der Waals surface area contributed by atoms with E-state index in [1.807, 2.05) is 0 Å². The first-order valence-electron chi connectivity index (χ1n) is 8.64. The normalized spacial score (nSPS) is 11.6. The van der Waals surface area contributed by atoms with Gasteiger partial charge in [-0.3, -0.25) is 0 Å². The van der Waals surface area contributed by atoms with Crippen LogP contribution in [-0.2, 0) is 4.74 Å². The molecule has 0 aromatic heterocycles. The van der Waals surface area contributed by atoms with Gasteiger partial charge >= 0.3 is 0 Å². The largest absolute Gasteiger partial charge is 0.544 e. The van der Waals surface area contributed by atoms with Crippen molar-refractivity contribution in [3.8, 4) is 0 Å². The molecule has 126 valence electrons. The molecule has 0 atom stereocenters. The van der Waals surface area contributed by atoms with Crippen molar-refractivity contribution in [1.29, 1.82) is 0 Å². The summed E-state index contributed by atoms with van der Waals surface area (Å²) in [5.41, 5.74) is 0. The molecule has 0 aliphatic heterocycles. The lowest BCUT2D eigenvalue weighted by atomic mass is 10.1. The first kappa shape index (κ1) is 20.2. The van der Waals surface area contributed by atoms with E-state index < -0.39 is 6.16 Å². The van der Waals surface area contributed by atoms with E-state index in [1.54, 1.807) is 0 Å². The molecule has 0 heterocycles. The van der Waals surface area contributed by atoms with E-state index >= 15 is 0 Å². The summed E-state index contributed by atoms with van der Waals surface area (Å²) in [6, 6.07) is 0. The maximum atomic E-state index is 10.2. The number of hydrogen-bond acceptors (Lipinski definition) is 3. The summed E-state index contributed by atoms with van der Waals surface area (Å²) in [7, 11) is 4.23. The van der Waals surface area contributed by atoms with Crippen molar-refractivity contribution in [3.63, 3.8) is 0 Å². The highest BCUT2D eigenvalue weighted by Gasteiger charge is 2.13. The molecule has 0 N–H and O–H groups in total. The molecule has 0 saturated carbocycles. The number of hydrogen-bond donors (Lipinski definition) is 0. The van der Waals surface area contributed by atoms with Gasteiger partial charge in [-0.2, -0.15) is 0 Å². The molecule has 0 radical (unpaired) electrons. The second-order valence-electron chi connectivity index (χ2n) is 6.66. The van der Waals surface area contributed by atoms with Gasteiger partial charge in [-0.05, 0) is 12.8 Å². The number of likely N-dealkylation sites (N-methyl/N-ethyl adjacent to an activating group) is 1. The molecule has 0 aliphatic carbocycles. The van der Waals surface area contributed by atoms with E-state index in [1.165, 1.54) is 64.2 Å². The third-order valence-corrected chi connectivity index (χ3v) is 4.03. The van der Waals surface area contributed by atoms with Crippen molar-refractivity contribution >= 4 is 6.16 Å². The van der Waals surface area contributed by atoms with Crippen LogP contribution >= 0.6 is 0 Å². The molecule has 0 aliphatic rings. The van der Waals surface area contributed by atoms with Gasteiger partial charge < -0.3 is 19.1 Å². The van der Waals surface area contributed by atoms with Crippen molar-refractivity contribution in [2.45, 2.75) is 71.1 Å². The third kappa shape index (κ3) is 15.4. The van der Waals surface area contributed by atoms with E-state index in [4.69, 9.17) is 0 Å². The number of carboxylic acid groups (broad SMARTS) is 1. The molecular weight excluding hydrogens is 266 g/mol. The van der Waals surface area contributed by atoms with Gasteiger partial charge in [0.05, 0.1) is 33.8 Å². The first-order chi connectivity index (χ1) is 9.98. The zero-order chi connectivity index (χ0) is 16.0. The van der Waals surface area contributed by atoms with E-state index in [9.17, 15) is 9.90 Å². The fraction of sp³-hybridized carbons (Fsp3) is 0.941. The fourth-order valence-corrected chi connectivity index (χ4v) is 2.52. The van der Waals surface area contributed by atoms with Crippen LogP contribution in [0.4, 0.5) is 4.79 Å². The van der Waals surface area contributed by atoms with Crippen LogP contribution in [0.1, 0.15) is 71.1 Å². The average Bonchev–Trinajstić information content (AvgIpc) is 2.40. The summed E-state index contributed by atoms with van der Waals surface area (Å²) in [5.74, 6) is 0. The minimum Gasteiger partial charge on any atom is -0.544 e. The Morgan fingerprint density at radius 2 is 1.33 bits per heavy atom. The van der Waals surface area contributed by atoms with Crippen LogP contribution in [0.3, 0.4) is 0 Å². The second-order valence-corrected chi connectivity index (χ2v) is 6.66. The zero-order valence-electron chi connectivity index (χ0n) is 14.4. The van der Waals surface area contributed by atoms with Crippen LogP contribution in [0.15, 0.2) is 0 Å². The predicted octanol–water partition coefficient (Wildman–Crippen LogP) is 3.34. The highest BCUT2D eigenvalue weighted by Crippen LogP contribution is 2.11. The van der Waals surface area contributed by atoms with Crippen LogP contribution in [0.5, 0.6) is 0 Å². The lowest BCUT2D eigenvalue weighted by Gasteiger charge is -2.30. The molecule has 4 heteroatoms. The van der Waals surface area contributed by atoms with Gasteiger partial charge in [0.25, 0.3) is 6.16 Å². The lowest BCUT2D eigenvalue weighted by molar-refractivity contribution is -0.890. The number of nitrogens with zero attached hydrogens (tertiary/aromatic N) is 1. The zero-order valence-corrected chi connectivity index (χ0v) is 14.4. The molecule has 0 unspecified atom stereocenters. The maximum Gasteiger partial charge on any atom is 0.252 e. The Balaban J connectivity index is 3.34. The highest BCUT2D eigenvalue weighted by molar-refractivity contribution is 5.53. The first-order valence-corrected chi connectivity index (χ1v) is 8.64. The maximum absolute atomic E-state index is 10.2. The smallest absolute Gasteiger partial charge is 0.252 e. The van der Waals surface area contributed by atoms with Crippen molar-refractivity contribution < 1.29 is 19.1 Å². The summed E-state index contributed by atoms with van der Waals surface area (Å²) in [4.78, 5) is 10.2. The summed E-state index contributed by atoms with van der Waals surface area (Å²) in [5, 5.41) is 10.2. The van der Waals surface area contributed by atoms with Gasteiger partial charge in [0, 0.05) is 0 Å². The molecule has 0 fully saturated rings. The summed E-state index contributed by atoms with van der Waals surface area (Å²) in [6.45, 7) is 4.27. The Bertz CT molecular complexity index is 254. The monoisotopic (exact) mass is 301 g/mol. The number of unbranched alkanes of at least 4 members (excludes halogenated alkanes) is 9. The molecule has 0 aromatic carbocycles. The number of ether oxygens (including phenoxy) is 1. The van der Waals surface area contributed by atoms with Gasteiger partial charge in [0.15, 0.2) is 0 Å². The minimum atomic E-state index is -1.42. The Hall–Kier alpha value is -0.770. The SMILES string of the molecule is CCCCCCCCCCCC[N+](C)(C)CCOC(=O)[O-]. The molecule has 4 nitrogen and oxygen atoms in total. The molecule has 0 saturated heterocycles. The van der Waals surface area contributed by atoms with Crippen LogP contribution in [0, 0.1) is 0 Å². The van der Waals surface area contributed by atoms with Crippen molar-refractivity contribution in [3.05, 3.63) is 0 Å². The van der Waals surface area contributed by atoms with Crippen LogP contribution < -0.4 is 5.11 Å². The van der Waals surface area contributed by atoms with Gasteiger partial charge in [0.2, 0.25) is 0 Å². The molecular formula is C17H35NO3. The number of quaternary nitrogens is 1. The summed E-state index contributed by atoms with van der Waals surface area (Å²) in [6.07, 6.45) is 12.0. The van der Waals surface area contributed by atoms with Gasteiger partial charge in [-0.15, -0.1) is 0 Å². The Labute approximate surface area is 131 Å². The van der Waals surface area contributed by atoms with Crippen molar-refractivity contribution in [2.75, 3.05) is 33.8 Å².